The number of carbonyl (C=O) groups excluding carboxylic acids is 1. The molecular formula is C17H13N3OS. The number of hydrogen-bond donors (Lipinski definition) is 1. The highest BCUT2D eigenvalue weighted by atomic mass is 32.2. The molecule has 1 aliphatic heterocycles. The van der Waals surface area contributed by atoms with Crippen molar-refractivity contribution in [3.63, 3.8) is 0 Å². The summed E-state index contributed by atoms with van der Waals surface area (Å²) in [4.78, 5) is 18.5. The van der Waals surface area contributed by atoms with Gasteiger partial charge in [-0.2, -0.15) is 0 Å². The zero-order valence-corrected chi connectivity index (χ0v) is 12.7. The number of aryl methyl sites for hydroxylation is 1. The third-order valence-electron chi connectivity index (χ3n) is 3.66. The summed E-state index contributed by atoms with van der Waals surface area (Å²) >= 11 is 1.47. The van der Waals surface area contributed by atoms with Crippen LogP contribution in [0, 0.1) is 0 Å². The molecule has 22 heavy (non-hydrogen) atoms. The Kier molecular flexibility index (Phi) is 3.01. The standard InChI is InChI=1S/C17H13N3OS/c1-20-13-8-4-2-6-11(13)18-16(20)10-15-17(21)19-12-7-3-5-9-14(12)22-15/h2-10H,1H3,(H,19,21). The van der Waals surface area contributed by atoms with Gasteiger partial charge >= 0.3 is 0 Å². The Labute approximate surface area is 131 Å². The highest BCUT2D eigenvalue weighted by Gasteiger charge is 2.21. The maximum Gasteiger partial charge on any atom is 0.262 e. The molecule has 4 nitrogen and oxygen atoms in total. The minimum Gasteiger partial charge on any atom is -0.328 e. The van der Waals surface area contributed by atoms with Gasteiger partial charge in [-0.25, -0.2) is 4.98 Å². The number of imidazole rings is 1. The monoisotopic (exact) mass is 307 g/mol. The van der Waals surface area contributed by atoms with Crippen LogP contribution in [0.1, 0.15) is 5.82 Å². The molecule has 4 rings (SSSR count). The second kappa shape index (κ2) is 5.03. The minimum absolute atomic E-state index is 0.0873. The molecule has 3 aromatic rings. The van der Waals surface area contributed by atoms with Crippen molar-refractivity contribution in [1.82, 2.24) is 9.55 Å². The summed E-state index contributed by atoms with van der Waals surface area (Å²) in [5.41, 5.74) is 2.84. The third-order valence-corrected chi connectivity index (χ3v) is 4.76. The first kappa shape index (κ1) is 13.2. The molecule has 1 aromatic heterocycles. The van der Waals surface area contributed by atoms with E-state index < -0.39 is 0 Å². The number of benzene rings is 2. The lowest BCUT2D eigenvalue weighted by molar-refractivity contribution is -0.112. The maximum absolute atomic E-state index is 12.3. The van der Waals surface area contributed by atoms with E-state index in [-0.39, 0.29) is 5.91 Å². The fourth-order valence-electron chi connectivity index (χ4n) is 2.51. The van der Waals surface area contributed by atoms with E-state index in [1.165, 1.54) is 11.8 Å². The highest BCUT2D eigenvalue weighted by Crippen LogP contribution is 2.38. The van der Waals surface area contributed by atoms with E-state index in [4.69, 9.17) is 0 Å². The average Bonchev–Trinajstić information content (AvgIpc) is 2.85. The van der Waals surface area contributed by atoms with Crippen molar-refractivity contribution in [3.05, 3.63) is 59.3 Å². The molecule has 2 aromatic carbocycles. The molecule has 0 bridgehead atoms. The summed E-state index contributed by atoms with van der Waals surface area (Å²) in [6.45, 7) is 0. The van der Waals surface area contributed by atoms with E-state index in [1.807, 2.05) is 66.2 Å². The van der Waals surface area contributed by atoms with Crippen LogP contribution in [0.3, 0.4) is 0 Å². The summed E-state index contributed by atoms with van der Waals surface area (Å²) in [5, 5.41) is 2.92. The van der Waals surface area contributed by atoms with E-state index in [0.29, 0.717) is 4.91 Å². The van der Waals surface area contributed by atoms with Gasteiger partial charge in [0.05, 0.1) is 21.6 Å². The number of nitrogens with zero attached hydrogens (tertiary/aromatic N) is 2. The zero-order chi connectivity index (χ0) is 15.1. The molecule has 0 fully saturated rings. The van der Waals surface area contributed by atoms with Gasteiger partial charge in [0.1, 0.15) is 5.82 Å². The predicted molar refractivity (Wildman–Crippen MR) is 89.6 cm³/mol. The van der Waals surface area contributed by atoms with Crippen LogP contribution in [0.5, 0.6) is 0 Å². The van der Waals surface area contributed by atoms with Crippen LogP contribution in [0.25, 0.3) is 17.1 Å². The maximum atomic E-state index is 12.3. The Bertz CT molecular complexity index is 927. The Balaban J connectivity index is 1.79. The summed E-state index contributed by atoms with van der Waals surface area (Å²) in [5.74, 6) is 0.689. The number of fused-ring (bicyclic) bond motifs is 2. The molecule has 0 spiro atoms. The summed E-state index contributed by atoms with van der Waals surface area (Å²) in [7, 11) is 1.96. The molecule has 1 amide bonds. The van der Waals surface area contributed by atoms with Crippen molar-refractivity contribution in [1.29, 1.82) is 0 Å². The van der Waals surface area contributed by atoms with Crippen molar-refractivity contribution in [2.75, 3.05) is 5.32 Å². The fraction of sp³-hybridized carbons (Fsp3) is 0.0588. The quantitative estimate of drug-likeness (QED) is 0.698. The molecule has 0 radical (unpaired) electrons. The second-order valence-corrected chi connectivity index (χ2v) is 6.16. The van der Waals surface area contributed by atoms with Crippen LogP contribution in [0.15, 0.2) is 58.3 Å². The Morgan fingerprint density at radius 2 is 1.91 bits per heavy atom. The third kappa shape index (κ3) is 2.10. The van der Waals surface area contributed by atoms with E-state index in [9.17, 15) is 4.79 Å². The van der Waals surface area contributed by atoms with Gasteiger partial charge in [0.2, 0.25) is 0 Å². The number of para-hydroxylation sites is 3. The van der Waals surface area contributed by atoms with Crippen LogP contribution in [0.2, 0.25) is 0 Å². The van der Waals surface area contributed by atoms with Crippen molar-refractivity contribution in [2.24, 2.45) is 7.05 Å². The number of rotatable bonds is 1. The van der Waals surface area contributed by atoms with Crippen LogP contribution in [-0.4, -0.2) is 15.5 Å². The smallest absolute Gasteiger partial charge is 0.262 e. The van der Waals surface area contributed by atoms with Crippen LogP contribution in [0.4, 0.5) is 5.69 Å². The normalized spacial score (nSPS) is 15.9. The van der Waals surface area contributed by atoms with E-state index in [2.05, 4.69) is 10.3 Å². The highest BCUT2D eigenvalue weighted by molar-refractivity contribution is 8.04. The van der Waals surface area contributed by atoms with Crippen molar-refractivity contribution in [3.8, 4) is 0 Å². The zero-order valence-electron chi connectivity index (χ0n) is 11.9. The summed E-state index contributed by atoms with van der Waals surface area (Å²) in [6.07, 6.45) is 1.84. The number of hydrogen-bond acceptors (Lipinski definition) is 3. The topological polar surface area (TPSA) is 46.9 Å². The number of aromatic nitrogens is 2. The minimum atomic E-state index is -0.0873. The Morgan fingerprint density at radius 3 is 2.77 bits per heavy atom. The molecule has 0 aliphatic carbocycles. The van der Waals surface area contributed by atoms with Gasteiger partial charge in [-0.3, -0.25) is 4.79 Å². The van der Waals surface area contributed by atoms with E-state index in [1.54, 1.807) is 0 Å². The Hall–Kier alpha value is -2.53. The lowest BCUT2D eigenvalue weighted by Gasteiger charge is -2.18. The van der Waals surface area contributed by atoms with Gasteiger partial charge in [-0.15, -0.1) is 0 Å². The van der Waals surface area contributed by atoms with Gasteiger partial charge in [0.15, 0.2) is 0 Å². The average molecular weight is 307 g/mol. The predicted octanol–water partition coefficient (Wildman–Crippen LogP) is 3.66. The van der Waals surface area contributed by atoms with Gasteiger partial charge < -0.3 is 9.88 Å². The number of anilines is 1. The first-order valence-electron chi connectivity index (χ1n) is 6.94. The van der Waals surface area contributed by atoms with Crippen molar-refractivity contribution < 1.29 is 4.79 Å². The van der Waals surface area contributed by atoms with Gasteiger partial charge in [-0.05, 0) is 24.3 Å². The largest absolute Gasteiger partial charge is 0.328 e. The fourth-order valence-corrected chi connectivity index (χ4v) is 3.43. The summed E-state index contributed by atoms with van der Waals surface area (Å²) < 4.78 is 2.00. The van der Waals surface area contributed by atoms with Crippen LogP contribution >= 0.6 is 11.8 Å². The van der Waals surface area contributed by atoms with Crippen LogP contribution < -0.4 is 5.32 Å². The number of carbonyl (C=O) groups is 1. The molecule has 0 saturated heterocycles. The molecule has 0 unspecified atom stereocenters. The number of nitrogens with one attached hydrogen (secondary N) is 1. The van der Waals surface area contributed by atoms with Crippen molar-refractivity contribution >= 4 is 40.5 Å². The summed E-state index contributed by atoms with van der Waals surface area (Å²) in [6, 6.07) is 15.7. The van der Waals surface area contributed by atoms with E-state index in [0.717, 1.165) is 27.4 Å². The molecular weight excluding hydrogens is 294 g/mol. The molecule has 108 valence electrons. The SMILES string of the molecule is Cn1c(C=C2Sc3ccccc3NC2=O)nc2ccccc21. The lowest BCUT2D eigenvalue weighted by atomic mass is 10.3. The van der Waals surface area contributed by atoms with Crippen molar-refractivity contribution in [2.45, 2.75) is 4.90 Å². The first-order valence-corrected chi connectivity index (χ1v) is 7.75. The molecule has 2 heterocycles. The Morgan fingerprint density at radius 1 is 1.14 bits per heavy atom. The van der Waals surface area contributed by atoms with Gasteiger partial charge in [0, 0.05) is 18.0 Å². The van der Waals surface area contributed by atoms with Gasteiger partial charge in [0.25, 0.3) is 5.91 Å². The molecule has 0 atom stereocenters. The molecule has 5 heteroatoms. The van der Waals surface area contributed by atoms with E-state index >= 15 is 0 Å². The second-order valence-electron chi connectivity index (χ2n) is 5.08. The molecule has 1 aliphatic rings. The number of amides is 1. The molecule has 0 saturated carbocycles. The van der Waals surface area contributed by atoms with Gasteiger partial charge in [-0.1, -0.05) is 36.0 Å². The van der Waals surface area contributed by atoms with Crippen LogP contribution in [-0.2, 0) is 11.8 Å². The first-order chi connectivity index (χ1) is 10.7. The number of thioether (sulfide) groups is 1. The molecule has 1 N–H and O–H groups in total. The lowest BCUT2D eigenvalue weighted by Crippen LogP contribution is -2.17.